The Morgan fingerprint density at radius 3 is 2.68 bits per heavy atom. The number of nitrogens with zero attached hydrogens (tertiary/aromatic N) is 1. The summed E-state index contributed by atoms with van der Waals surface area (Å²) in [6.45, 7) is 4.45. The molecule has 0 saturated carbocycles. The number of unbranched alkanes of at least 4 members (excludes halogenated alkanes) is 1. The van der Waals surface area contributed by atoms with Crippen molar-refractivity contribution in [1.29, 1.82) is 0 Å². The molecule has 0 bridgehead atoms. The average Bonchev–Trinajstić information content (AvgIpc) is 2.44. The monoisotopic (exact) mass is 261 g/mol. The number of rotatable bonds is 8. The molecule has 1 atom stereocenters. The Hall–Kier alpha value is -1.61. The van der Waals surface area contributed by atoms with Gasteiger partial charge in [0.2, 0.25) is 0 Å². The van der Waals surface area contributed by atoms with E-state index in [0.29, 0.717) is 0 Å². The summed E-state index contributed by atoms with van der Waals surface area (Å²) < 4.78 is 4.90. The van der Waals surface area contributed by atoms with Gasteiger partial charge in [-0.1, -0.05) is 36.4 Å². The van der Waals surface area contributed by atoms with Crippen molar-refractivity contribution in [3.8, 4) is 0 Å². The molecule has 19 heavy (non-hydrogen) atoms. The van der Waals surface area contributed by atoms with E-state index in [1.807, 2.05) is 36.2 Å². The molecule has 1 rings (SSSR count). The molecule has 0 aliphatic carbocycles. The molecule has 0 saturated heterocycles. The van der Waals surface area contributed by atoms with E-state index in [1.54, 1.807) is 0 Å². The lowest BCUT2D eigenvalue weighted by molar-refractivity contribution is -0.147. The highest BCUT2D eigenvalue weighted by Gasteiger charge is 2.23. The summed E-state index contributed by atoms with van der Waals surface area (Å²) in [7, 11) is 3.40. The average molecular weight is 261 g/mol. The Balaban J connectivity index is 2.62. The van der Waals surface area contributed by atoms with Crippen LogP contribution in [0.1, 0.15) is 24.8 Å². The van der Waals surface area contributed by atoms with Crippen LogP contribution in [0.4, 0.5) is 0 Å². The molecule has 1 aromatic carbocycles. The van der Waals surface area contributed by atoms with Crippen LogP contribution in [0.5, 0.6) is 0 Å². The third-order valence-electron chi connectivity index (χ3n) is 3.17. The fourth-order valence-corrected chi connectivity index (χ4v) is 2.09. The van der Waals surface area contributed by atoms with Crippen LogP contribution in [0.3, 0.4) is 0 Å². The van der Waals surface area contributed by atoms with Crippen molar-refractivity contribution in [2.45, 2.75) is 31.8 Å². The van der Waals surface area contributed by atoms with Crippen molar-refractivity contribution >= 4 is 5.97 Å². The second-order valence-corrected chi connectivity index (χ2v) is 4.66. The number of allylic oxidation sites excluding steroid dienone is 1. The molecule has 3 nitrogen and oxygen atoms in total. The molecule has 0 spiro atoms. The van der Waals surface area contributed by atoms with E-state index in [9.17, 15) is 4.79 Å². The maximum Gasteiger partial charge on any atom is 0.323 e. The molecule has 1 aromatic rings. The SMILES string of the molecule is C=CCCCC(C(=O)OC)N(C)Cc1ccccc1. The van der Waals surface area contributed by atoms with Gasteiger partial charge in [-0.25, -0.2) is 0 Å². The van der Waals surface area contributed by atoms with Crippen LogP contribution in [0, 0.1) is 0 Å². The number of hydrogen-bond donors (Lipinski definition) is 0. The first-order valence-electron chi connectivity index (χ1n) is 6.62. The van der Waals surface area contributed by atoms with Crippen LogP contribution in [-0.4, -0.2) is 31.1 Å². The maximum atomic E-state index is 11.8. The largest absolute Gasteiger partial charge is 0.468 e. The zero-order valence-corrected chi connectivity index (χ0v) is 11.8. The molecule has 0 fully saturated rings. The lowest BCUT2D eigenvalue weighted by Gasteiger charge is -2.25. The highest BCUT2D eigenvalue weighted by atomic mass is 16.5. The van der Waals surface area contributed by atoms with Crippen molar-refractivity contribution in [1.82, 2.24) is 4.90 Å². The van der Waals surface area contributed by atoms with Gasteiger partial charge in [0.15, 0.2) is 0 Å². The first-order chi connectivity index (χ1) is 9.19. The Bertz CT molecular complexity index is 389. The van der Waals surface area contributed by atoms with Gasteiger partial charge in [-0.2, -0.15) is 0 Å². The fourth-order valence-electron chi connectivity index (χ4n) is 2.09. The normalized spacial score (nSPS) is 12.2. The Morgan fingerprint density at radius 1 is 1.42 bits per heavy atom. The Morgan fingerprint density at radius 2 is 2.11 bits per heavy atom. The van der Waals surface area contributed by atoms with E-state index < -0.39 is 0 Å². The summed E-state index contributed by atoms with van der Waals surface area (Å²) in [5, 5.41) is 0. The van der Waals surface area contributed by atoms with Crippen LogP contribution in [0.2, 0.25) is 0 Å². The Labute approximate surface area is 115 Å². The molecular formula is C16H23NO2. The van der Waals surface area contributed by atoms with Crippen molar-refractivity contribution in [3.63, 3.8) is 0 Å². The third kappa shape index (κ3) is 5.26. The molecule has 0 amide bonds. The first kappa shape index (κ1) is 15.4. The predicted molar refractivity (Wildman–Crippen MR) is 77.8 cm³/mol. The van der Waals surface area contributed by atoms with E-state index in [0.717, 1.165) is 25.8 Å². The minimum Gasteiger partial charge on any atom is -0.468 e. The Kier molecular flexibility index (Phi) is 6.90. The van der Waals surface area contributed by atoms with Crippen LogP contribution in [0.25, 0.3) is 0 Å². The van der Waals surface area contributed by atoms with E-state index in [4.69, 9.17) is 4.74 Å². The highest BCUT2D eigenvalue weighted by molar-refractivity contribution is 5.75. The molecule has 0 radical (unpaired) electrons. The summed E-state index contributed by atoms with van der Waals surface area (Å²) in [4.78, 5) is 13.9. The minimum absolute atomic E-state index is 0.164. The van der Waals surface area contributed by atoms with E-state index in [2.05, 4.69) is 18.7 Å². The van der Waals surface area contributed by atoms with E-state index in [1.165, 1.54) is 12.7 Å². The fraction of sp³-hybridized carbons (Fsp3) is 0.438. The van der Waals surface area contributed by atoms with Gasteiger partial charge in [-0.15, -0.1) is 6.58 Å². The van der Waals surface area contributed by atoms with Crippen molar-refractivity contribution in [3.05, 3.63) is 48.6 Å². The highest BCUT2D eigenvalue weighted by Crippen LogP contribution is 2.13. The topological polar surface area (TPSA) is 29.5 Å². The number of carbonyl (C=O) groups is 1. The lowest BCUT2D eigenvalue weighted by Crippen LogP contribution is -2.38. The van der Waals surface area contributed by atoms with Crippen molar-refractivity contribution in [2.24, 2.45) is 0 Å². The molecule has 104 valence electrons. The summed E-state index contributed by atoms with van der Waals surface area (Å²) in [6, 6.07) is 9.95. The molecule has 0 aliphatic heterocycles. The number of ether oxygens (including phenoxy) is 1. The van der Waals surface area contributed by atoms with Gasteiger partial charge >= 0.3 is 5.97 Å². The van der Waals surface area contributed by atoms with Gasteiger partial charge in [-0.05, 0) is 31.9 Å². The number of hydrogen-bond acceptors (Lipinski definition) is 3. The second-order valence-electron chi connectivity index (χ2n) is 4.66. The molecule has 0 aromatic heterocycles. The number of likely N-dealkylation sites (N-methyl/N-ethyl adjacent to an activating group) is 1. The summed E-state index contributed by atoms with van der Waals surface area (Å²) in [5.41, 5.74) is 1.20. The van der Waals surface area contributed by atoms with Crippen LogP contribution in [0.15, 0.2) is 43.0 Å². The number of esters is 1. The summed E-state index contributed by atoms with van der Waals surface area (Å²) >= 11 is 0. The van der Waals surface area contributed by atoms with E-state index >= 15 is 0 Å². The van der Waals surface area contributed by atoms with Gasteiger partial charge < -0.3 is 4.74 Å². The third-order valence-corrected chi connectivity index (χ3v) is 3.17. The minimum atomic E-state index is -0.190. The van der Waals surface area contributed by atoms with Gasteiger partial charge in [0.1, 0.15) is 6.04 Å². The zero-order valence-electron chi connectivity index (χ0n) is 11.8. The molecule has 0 heterocycles. The summed E-state index contributed by atoms with van der Waals surface area (Å²) in [6.07, 6.45) is 4.54. The second kappa shape index (κ2) is 8.48. The molecular weight excluding hydrogens is 238 g/mol. The van der Waals surface area contributed by atoms with E-state index in [-0.39, 0.29) is 12.0 Å². The molecule has 0 N–H and O–H groups in total. The van der Waals surface area contributed by atoms with Gasteiger partial charge in [0.25, 0.3) is 0 Å². The van der Waals surface area contributed by atoms with Crippen LogP contribution < -0.4 is 0 Å². The maximum absolute atomic E-state index is 11.8. The molecule has 0 aliphatic rings. The first-order valence-corrected chi connectivity index (χ1v) is 6.62. The van der Waals surface area contributed by atoms with Gasteiger partial charge in [0, 0.05) is 6.54 Å². The molecule has 3 heteroatoms. The van der Waals surface area contributed by atoms with Crippen LogP contribution >= 0.6 is 0 Å². The zero-order chi connectivity index (χ0) is 14.1. The van der Waals surface area contributed by atoms with Gasteiger partial charge in [-0.3, -0.25) is 9.69 Å². The number of carbonyl (C=O) groups excluding carboxylic acids is 1. The van der Waals surface area contributed by atoms with Crippen molar-refractivity contribution < 1.29 is 9.53 Å². The predicted octanol–water partition coefficient (Wildman–Crippen LogP) is 3.02. The number of methoxy groups -OCH3 is 1. The molecule has 1 unspecified atom stereocenters. The number of benzene rings is 1. The van der Waals surface area contributed by atoms with Crippen LogP contribution in [-0.2, 0) is 16.1 Å². The quantitative estimate of drug-likeness (QED) is 0.409. The van der Waals surface area contributed by atoms with Gasteiger partial charge in [0.05, 0.1) is 7.11 Å². The smallest absolute Gasteiger partial charge is 0.323 e. The summed E-state index contributed by atoms with van der Waals surface area (Å²) in [5.74, 6) is -0.164. The van der Waals surface area contributed by atoms with Crippen molar-refractivity contribution in [2.75, 3.05) is 14.2 Å². The standard InChI is InChI=1S/C16H23NO2/c1-4-5-7-12-15(16(18)19-3)17(2)13-14-10-8-6-9-11-14/h4,6,8-11,15H,1,5,7,12-13H2,2-3H3. The lowest BCUT2D eigenvalue weighted by atomic mass is 10.1.